The van der Waals surface area contributed by atoms with E-state index in [9.17, 15) is 0 Å². The average Bonchev–Trinajstić information content (AvgIpc) is 3.32. The first-order chi connectivity index (χ1) is 10.5. The Bertz CT molecular complexity index is 473. The van der Waals surface area contributed by atoms with Gasteiger partial charge in [-0.1, -0.05) is 45.0 Å². The van der Waals surface area contributed by atoms with Gasteiger partial charge in [0.2, 0.25) is 0 Å². The van der Waals surface area contributed by atoms with Crippen molar-refractivity contribution in [3.8, 4) is 0 Å². The van der Waals surface area contributed by atoms with Crippen LogP contribution in [0.3, 0.4) is 0 Å². The van der Waals surface area contributed by atoms with Gasteiger partial charge in [-0.25, -0.2) is 0 Å². The molecule has 1 aliphatic heterocycles. The summed E-state index contributed by atoms with van der Waals surface area (Å²) in [6.45, 7) is 11.8. The number of rotatable bonds is 5. The fourth-order valence-electron chi connectivity index (χ4n) is 3.14. The van der Waals surface area contributed by atoms with Crippen molar-refractivity contribution in [3.63, 3.8) is 0 Å². The molecule has 1 atom stereocenters. The first kappa shape index (κ1) is 16.0. The van der Waals surface area contributed by atoms with Crippen LogP contribution in [-0.2, 0) is 16.7 Å². The Morgan fingerprint density at radius 2 is 1.91 bits per heavy atom. The third kappa shape index (κ3) is 4.31. The quantitative estimate of drug-likeness (QED) is 0.905. The van der Waals surface area contributed by atoms with Gasteiger partial charge >= 0.3 is 0 Å². The first-order valence-corrected chi connectivity index (χ1v) is 8.68. The van der Waals surface area contributed by atoms with E-state index in [0.29, 0.717) is 6.10 Å². The van der Waals surface area contributed by atoms with E-state index in [0.717, 1.165) is 38.8 Å². The van der Waals surface area contributed by atoms with Crippen LogP contribution in [0.15, 0.2) is 24.3 Å². The van der Waals surface area contributed by atoms with Gasteiger partial charge in [-0.2, -0.15) is 0 Å². The van der Waals surface area contributed by atoms with Crippen molar-refractivity contribution in [3.05, 3.63) is 35.4 Å². The summed E-state index contributed by atoms with van der Waals surface area (Å²) in [5.74, 6) is 0. The second kappa shape index (κ2) is 6.69. The van der Waals surface area contributed by atoms with Crippen LogP contribution < -0.4 is 5.32 Å². The third-order valence-electron chi connectivity index (χ3n) is 4.75. The molecule has 0 radical (unpaired) electrons. The maximum Gasteiger partial charge on any atom is 0.0826 e. The molecule has 1 aliphatic carbocycles. The zero-order valence-corrected chi connectivity index (χ0v) is 14.3. The van der Waals surface area contributed by atoms with Crippen LogP contribution in [-0.4, -0.2) is 43.3 Å². The summed E-state index contributed by atoms with van der Waals surface area (Å²) in [5.41, 5.74) is 2.98. The van der Waals surface area contributed by atoms with Crippen molar-refractivity contribution in [1.29, 1.82) is 0 Å². The largest absolute Gasteiger partial charge is 0.374 e. The van der Waals surface area contributed by atoms with Crippen molar-refractivity contribution in [2.45, 2.75) is 57.7 Å². The second-order valence-electron chi connectivity index (χ2n) is 7.80. The molecular weight excluding hydrogens is 272 g/mol. The van der Waals surface area contributed by atoms with Gasteiger partial charge in [0.15, 0.2) is 0 Å². The molecule has 1 saturated heterocycles. The van der Waals surface area contributed by atoms with Gasteiger partial charge in [-0.15, -0.1) is 0 Å². The zero-order chi connectivity index (χ0) is 15.6. The van der Waals surface area contributed by atoms with Crippen LogP contribution in [0.25, 0.3) is 0 Å². The van der Waals surface area contributed by atoms with E-state index in [1.165, 1.54) is 24.0 Å². The molecule has 0 spiro atoms. The van der Waals surface area contributed by atoms with Crippen molar-refractivity contribution in [2.75, 3.05) is 26.2 Å². The van der Waals surface area contributed by atoms with E-state index in [-0.39, 0.29) is 5.41 Å². The predicted molar refractivity (Wildman–Crippen MR) is 91.2 cm³/mol. The lowest BCUT2D eigenvalue weighted by atomic mass is 9.87. The van der Waals surface area contributed by atoms with Crippen LogP contribution in [0.4, 0.5) is 0 Å². The molecule has 3 rings (SSSR count). The molecule has 2 fully saturated rings. The Morgan fingerprint density at radius 1 is 1.18 bits per heavy atom. The van der Waals surface area contributed by atoms with Crippen molar-refractivity contribution in [1.82, 2.24) is 10.2 Å². The highest BCUT2D eigenvalue weighted by atomic mass is 16.5. The van der Waals surface area contributed by atoms with Crippen molar-refractivity contribution in [2.24, 2.45) is 0 Å². The van der Waals surface area contributed by atoms with Gasteiger partial charge in [0.1, 0.15) is 0 Å². The lowest BCUT2D eigenvalue weighted by Crippen LogP contribution is -2.47. The summed E-state index contributed by atoms with van der Waals surface area (Å²) in [4.78, 5) is 2.61. The highest BCUT2D eigenvalue weighted by Gasteiger charge is 2.32. The lowest BCUT2D eigenvalue weighted by Gasteiger charge is -2.33. The zero-order valence-electron chi connectivity index (χ0n) is 14.3. The lowest BCUT2D eigenvalue weighted by molar-refractivity contribution is -0.0301. The maximum absolute atomic E-state index is 5.88. The number of benzene rings is 1. The highest BCUT2D eigenvalue weighted by molar-refractivity contribution is 5.27. The fourth-order valence-corrected chi connectivity index (χ4v) is 3.14. The first-order valence-electron chi connectivity index (χ1n) is 8.68. The van der Waals surface area contributed by atoms with Gasteiger partial charge in [-0.05, 0) is 29.4 Å². The summed E-state index contributed by atoms with van der Waals surface area (Å²) in [7, 11) is 0. The van der Waals surface area contributed by atoms with Gasteiger partial charge in [-0.3, -0.25) is 4.90 Å². The molecule has 3 nitrogen and oxygen atoms in total. The van der Waals surface area contributed by atoms with Crippen LogP contribution in [0.1, 0.15) is 44.7 Å². The second-order valence-corrected chi connectivity index (χ2v) is 7.80. The monoisotopic (exact) mass is 302 g/mol. The average molecular weight is 302 g/mol. The van der Waals surface area contributed by atoms with Crippen LogP contribution in [0.2, 0.25) is 0 Å². The Morgan fingerprint density at radius 3 is 2.55 bits per heavy atom. The van der Waals surface area contributed by atoms with E-state index in [1.807, 2.05) is 0 Å². The summed E-state index contributed by atoms with van der Waals surface area (Å²) >= 11 is 0. The molecule has 3 heteroatoms. The molecule has 22 heavy (non-hydrogen) atoms. The summed E-state index contributed by atoms with van der Waals surface area (Å²) in [6, 6.07) is 9.85. The Kier molecular flexibility index (Phi) is 4.86. The van der Waals surface area contributed by atoms with Gasteiger partial charge in [0, 0.05) is 32.2 Å². The Labute approximate surface area is 135 Å². The number of nitrogens with one attached hydrogen (secondary N) is 1. The fraction of sp³-hybridized carbons (Fsp3) is 0.684. The van der Waals surface area contributed by atoms with Crippen molar-refractivity contribution >= 4 is 0 Å². The number of hydrogen-bond acceptors (Lipinski definition) is 3. The number of nitrogens with zero attached hydrogens (tertiary/aromatic N) is 1. The molecule has 0 amide bonds. The molecule has 122 valence electrons. The Balaban J connectivity index is 1.42. The number of hydrogen-bond donors (Lipinski definition) is 1. The summed E-state index contributed by atoms with van der Waals surface area (Å²) in [5, 5.41) is 3.56. The molecular formula is C19H30N2O. The standard InChI is InChI=1S/C19H30N2O/c1-19(2,3)16-6-4-15(5-7-16)12-20-13-18-14-21(10-11-22-18)17-8-9-17/h4-7,17-18,20H,8-14H2,1-3H3. The molecule has 2 aliphatic rings. The van der Waals surface area contributed by atoms with E-state index < -0.39 is 0 Å². The summed E-state index contributed by atoms with van der Waals surface area (Å²) < 4.78 is 5.88. The van der Waals surface area contributed by atoms with E-state index in [4.69, 9.17) is 4.74 Å². The Hall–Kier alpha value is -0.900. The highest BCUT2D eigenvalue weighted by Crippen LogP contribution is 2.28. The van der Waals surface area contributed by atoms with Crippen LogP contribution in [0.5, 0.6) is 0 Å². The minimum atomic E-state index is 0.230. The van der Waals surface area contributed by atoms with E-state index in [1.54, 1.807) is 0 Å². The molecule has 1 saturated carbocycles. The molecule has 1 aromatic rings. The number of morpholine rings is 1. The van der Waals surface area contributed by atoms with Crippen LogP contribution >= 0.6 is 0 Å². The molecule has 1 unspecified atom stereocenters. The summed E-state index contributed by atoms with van der Waals surface area (Å²) in [6.07, 6.45) is 3.13. The molecule has 0 bridgehead atoms. The van der Waals surface area contributed by atoms with Gasteiger partial charge in [0.05, 0.1) is 12.7 Å². The third-order valence-corrected chi connectivity index (χ3v) is 4.75. The predicted octanol–water partition coefficient (Wildman–Crippen LogP) is 2.94. The minimum Gasteiger partial charge on any atom is -0.374 e. The molecule has 1 heterocycles. The minimum absolute atomic E-state index is 0.230. The molecule has 1 N–H and O–H groups in total. The molecule has 0 aromatic heterocycles. The maximum atomic E-state index is 5.88. The van der Waals surface area contributed by atoms with Gasteiger partial charge < -0.3 is 10.1 Å². The SMILES string of the molecule is CC(C)(C)c1ccc(CNCC2CN(C3CC3)CCO2)cc1. The van der Waals surface area contributed by atoms with E-state index in [2.05, 4.69) is 55.3 Å². The van der Waals surface area contributed by atoms with Gasteiger partial charge in [0.25, 0.3) is 0 Å². The van der Waals surface area contributed by atoms with Crippen LogP contribution in [0, 0.1) is 0 Å². The number of ether oxygens (including phenoxy) is 1. The smallest absolute Gasteiger partial charge is 0.0826 e. The topological polar surface area (TPSA) is 24.5 Å². The molecule has 1 aromatic carbocycles. The normalized spacial score (nSPS) is 23.7. The van der Waals surface area contributed by atoms with Crippen molar-refractivity contribution < 1.29 is 4.74 Å². The van der Waals surface area contributed by atoms with E-state index >= 15 is 0 Å².